The van der Waals surface area contributed by atoms with Gasteiger partial charge in [-0.3, -0.25) is 14.5 Å². The van der Waals surface area contributed by atoms with Crippen molar-refractivity contribution < 1.29 is 9.59 Å². The summed E-state index contributed by atoms with van der Waals surface area (Å²) in [7, 11) is 0. The molecule has 1 heterocycles. The zero-order valence-electron chi connectivity index (χ0n) is 8.12. The number of rotatable bonds is 3. The average molecular weight is 181 g/mol. The number of hydrogen-bond donors (Lipinski definition) is 0. The van der Waals surface area contributed by atoms with Crippen molar-refractivity contribution in [2.45, 2.75) is 26.7 Å². The maximum absolute atomic E-state index is 11.4. The van der Waals surface area contributed by atoms with Gasteiger partial charge in [-0.25, -0.2) is 0 Å². The maximum atomic E-state index is 11.4. The fraction of sp³-hybridized carbons (Fsp3) is 0.600. The Hall–Kier alpha value is -1.12. The van der Waals surface area contributed by atoms with E-state index in [2.05, 4.69) is 0 Å². The first-order valence-electron chi connectivity index (χ1n) is 4.62. The molecule has 13 heavy (non-hydrogen) atoms. The first-order valence-corrected chi connectivity index (χ1v) is 4.62. The van der Waals surface area contributed by atoms with E-state index in [0.29, 0.717) is 13.0 Å². The lowest BCUT2D eigenvalue weighted by Crippen LogP contribution is -2.30. The molecule has 0 radical (unpaired) electrons. The van der Waals surface area contributed by atoms with E-state index in [1.807, 2.05) is 19.1 Å². The van der Waals surface area contributed by atoms with E-state index in [9.17, 15) is 9.59 Å². The average Bonchev–Trinajstić information content (AvgIpc) is 2.32. The predicted molar refractivity (Wildman–Crippen MR) is 49.9 cm³/mol. The van der Waals surface area contributed by atoms with Gasteiger partial charge in [0.05, 0.1) is 0 Å². The summed E-state index contributed by atoms with van der Waals surface area (Å²) in [6.45, 7) is 4.26. The van der Waals surface area contributed by atoms with Crippen molar-refractivity contribution in [1.82, 2.24) is 4.90 Å². The lowest BCUT2D eigenvalue weighted by Gasteiger charge is -2.12. The highest BCUT2D eigenvalue weighted by molar-refractivity contribution is 6.03. The number of imide groups is 1. The Kier molecular flexibility index (Phi) is 3.23. The number of likely N-dealkylation sites (tertiary alicyclic amines) is 1. The van der Waals surface area contributed by atoms with E-state index in [-0.39, 0.29) is 17.7 Å². The Bertz CT molecular complexity index is 245. The molecule has 0 aromatic carbocycles. The van der Waals surface area contributed by atoms with Crippen molar-refractivity contribution in [3.05, 3.63) is 12.2 Å². The number of nitrogens with zero attached hydrogens (tertiary/aromatic N) is 1. The summed E-state index contributed by atoms with van der Waals surface area (Å²) in [5, 5.41) is 0. The smallest absolute Gasteiger partial charge is 0.232 e. The Labute approximate surface area is 78.4 Å². The minimum atomic E-state index is -0.113. The van der Waals surface area contributed by atoms with Crippen molar-refractivity contribution in [3.8, 4) is 0 Å². The van der Waals surface area contributed by atoms with Crippen LogP contribution in [-0.2, 0) is 9.59 Å². The third-order valence-corrected chi connectivity index (χ3v) is 2.22. The van der Waals surface area contributed by atoms with E-state index in [1.165, 1.54) is 4.90 Å². The standard InChI is InChI=1S/C10H15NO2/c1-3-4-5-6-11-9(12)7-8(2)10(11)13/h3-4,8H,5-7H2,1-2H3/t8-/m1/s1. The van der Waals surface area contributed by atoms with Crippen LogP contribution >= 0.6 is 0 Å². The molecule has 0 N–H and O–H groups in total. The van der Waals surface area contributed by atoms with Crippen LogP contribution in [-0.4, -0.2) is 23.3 Å². The molecule has 1 atom stereocenters. The van der Waals surface area contributed by atoms with Gasteiger partial charge in [-0.2, -0.15) is 0 Å². The molecule has 1 rings (SSSR count). The molecule has 3 nitrogen and oxygen atoms in total. The van der Waals surface area contributed by atoms with E-state index in [0.717, 1.165) is 6.42 Å². The summed E-state index contributed by atoms with van der Waals surface area (Å²) in [5.41, 5.74) is 0. The van der Waals surface area contributed by atoms with Gasteiger partial charge in [-0.05, 0) is 13.3 Å². The minimum absolute atomic E-state index is 0.0190. The SMILES string of the molecule is CC=CCCN1C(=O)C[C@@H](C)C1=O. The first kappa shape index (κ1) is 9.96. The Balaban J connectivity index is 2.49. The van der Waals surface area contributed by atoms with Gasteiger partial charge >= 0.3 is 0 Å². The molecule has 1 aliphatic rings. The van der Waals surface area contributed by atoms with E-state index >= 15 is 0 Å². The minimum Gasteiger partial charge on any atom is -0.282 e. The normalized spacial score (nSPS) is 23.5. The number of amides is 2. The van der Waals surface area contributed by atoms with Gasteiger partial charge in [-0.15, -0.1) is 0 Å². The van der Waals surface area contributed by atoms with Gasteiger partial charge in [0.15, 0.2) is 0 Å². The summed E-state index contributed by atoms with van der Waals surface area (Å²) < 4.78 is 0. The molecule has 0 aliphatic carbocycles. The summed E-state index contributed by atoms with van der Waals surface area (Å²) in [4.78, 5) is 24.0. The van der Waals surface area contributed by atoms with Crippen LogP contribution in [0.2, 0.25) is 0 Å². The second kappa shape index (κ2) is 4.21. The summed E-state index contributed by atoms with van der Waals surface area (Å²) in [6, 6.07) is 0. The highest BCUT2D eigenvalue weighted by Gasteiger charge is 2.34. The molecule has 3 heteroatoms. The predicted octanol–water partition coefficient (Wildman–Crippen LogP) is 1.35. The van der Waals surface area contributed by atoms with E-state index < -0.39 is 0 Å². The van der Waals surface area contributed by atoms with Crippen LogP contribution in [0.1, 0.15) is 26.7 Å². The topological polar surface area (TPSA) is 37.4 Å². The fourth-order valence-electron chi connectivity index (χ4n) is 1.45. The van der Waals surface area contributed by atoms with Gasteiger partial charge in [-0.1, -0.05) is 19.1 Å². The second-order valence-electron chi connectivity index (χ2n) is 3.35. The van der Waals surface area contributed by atoms with Crippen molar-refractivity contribution in [1.29, 1.82) is 0 Å². The third-order valence-electron chi connectivity index (χ3n) is 2.22. The number of hydrogen-bond acceptors (Lipinski definition) is 2. The van der Waals surface area contributed by atoms with Crippen LogP contribution in [0.3, 0.4) is 0 Å². The third kappa shape index (κ3) is 2.17. The molecule has 1 saturated heterocycles. The zero-order valence-corrected chi connectivity index (χ0v) is 8.12. The quantitative estimate of drug-likeness (QED) is 0.487. The zero-order chi connectivity index (χ0) is 9.84. The van der Waals surface area contributed by atoms with Crippen LogP contribution in [0.5, 0.6) is 0 Å². The van der Waals surface area contributed by atoms with Crippen molar-refractivity contribution in [2.24, 2.45) is 5.92 Å². The number of carbonyl (C=O) groups is 2. The van der Waals surface area contributed by atoms with Gasteiger partial charge in [0.1, 0.15) is 0 Å². The molecule has 1 fully saturated rings. The lowest BCUT2D eigenvalue weighted by atomic mass is 10.1. The number of carbonyl (C=O) groups excluding carboxylic acids is 2. The monoisotopic (exact) mass is 181 g/mol. The van der Waals surface area contributed by atoms with Crippen LogP contribution in [0.4, 0.5) is 0 Å². The Morgan fingerprint density at radius 1 is 1.54 bits per heavy atom. The van der Waals surface area contributed by atoms with Crippen molar-refractivity contribution in [3.63, 3.8) is 0 Å². The van der Waals surface area contributed by atoms with Crippen LogP contribution < -0.4 is 0 Å². The lowest BCUT2D eigenvalue weighted by molar-refractivity contribution is -0.139. The number of allylic oxidation sites excluding steroid dienone is 1. The summed E-state index contributed by atoms with van der Waals surface area (Å²) in [6.07, 6.45) is 5.04. The van der Waals surface area contributed by atoms with Gasteiger partial charge < -0.3 is 0 Å². The molecule has 0 bridgehead atoms. The highest BCUT2D eigenvalue weighted by Crippen LogP contribution is 2.18. The molecule has 0 spiro atoms. The summed E-state index contributed by atoms with van der Waals surface area (Å²) in [5.74, 6) is -0.158. The molecule has 0 aromatic heterocycles. The molecule has 72 valence electrons. The van der Waals surface area contributed by atoms with E-state index in [4.69, 9.17) is 0 Å². The molecule has 1 aliphatic heterocycles. The first-order chi connectivity index (χ1) is 6.16. The van der Waals surface area contributed by atoms with Crippen LogP contribution in [0.25, 0.3) is 0 Å². The van der Waals surface area contributed by atoms with Gasteiger partial charge in [0.25, 0.3) is 0 Å². The Morgan fingerprint density at radius 2 is 2.23 bits per heavy atom. The van der Waals surface area contributed by atoms with Crippen LogP contribution in [0, 0.1) is 5.92 Å². The molecular weight excluding hydrogens is 166 g/mol. The van der Waals surface area contributed by atoms with E-state index in [1.54, 1.807) is 6.92 Å². The molecule has 2 amide bonds. The van der Waals surface area contributed by atoms with Gasteiger partial charge in [0.2, 0.25) is 11.8 Å². The Morgan fingerprint density at radius 3 is 2.69 bits per heavy atom. The largest absolute Gasteiger partial charge is 0.282 e. The highest BCUT2D eigenvalue weighted by atomic mass is 16.2. The van der Waals surface area contributed by atoms with Crippen molar-refractivity contribution >= 4 is 11.8 Å². The van der Waals surface area contributed by atoms with Crippen molar-refractivity contribution in [2.75, 3.05) is 6.54 Å². The summed E-state index contributed by atoms with van der Waals surface area (Å²) >= 11 is 0. The fourth-order valence-corrected chi connectivity index (χ4v) is 1.45. The molecular formula is C10H15NO2. The maximum Gasteiger partial charge on any atom is 0.232 e. The molecule has 0 aromatic rings. The molecule has 0 unspecified atom stereocenters. The second-order valence-corrected chi connectivity index (χ2v) is 3.35. The van der Waals surface area contributed by atoms with Crippen LogP contribution in [0.15, 0.2) is 12.2 Å². The van der Waals surface area contributed by atoms with Gasteiger partial charge in [0, 0.05) is 18.9 Å². The molecule has 0 saturated carbocycles.